The molecule has 0 radical (unpaired) electrons. The fourth-order valence-electron chi connectivity index (χ4n) is 4.78. The standard InChI is InChI=1S/C30H43N3O5/c1-4-6-17-37-26-10-7-8-11-27(26)38-18-14-32-22(3)19-23-20-24-13-16-33(15-9-12-28(34)36-5-2)29(24)25(21-23)30(31)35/h7-8,10-11,20-22,32H,4-6,9,12-19H2,1-3H3,(H2,31,35). The molecule has 0 aliphatic carbocycles. The lowest BCUT2D eigenvalue weighted by Gasteiger charge is -2.22. The summed E-state index contributed by atoms with van der Waals surface area (Å²) >= 11 is 0. The van der Waals surface area contributed by atoms with Gasteiger partial charge >= 0.3 is 5.97 Å². The molecule has 38 heavy (non-hydrogen) atoms. The van der Waals surface area contributed by atoms with Crippen molar-refractivity contribution in [2.75, 3.05) is 44.4 Å². The van der Waals surface area contributed by atoms with E-state index in [1.807, 2.05) is 30.3 Å². The third kappa shape index (κ3) is 8.65. The summed E-state index contributed by atoms with van der Waals surface area (Å²) in [6.07, 6.45) is 4.78. The molecule has 2 aromatic rings. The number of nitrogens with two attached hydrogens (primary N) is 1. The summed E-state index contributed by atoms with van der Waals surface area (Å²) in [7, 11) is 0. The van der Waals surface area contributed by atoms with Crippen molar-refractivity contribution in [3.05, 3.63) is 53.1 Å². The van der Waals surface area contributed by atoms with Crippen molar-refractivity contribution in [3.63, 3.8) is 0 Å². The van der Waals surface area contributed by atoms with Crippen LogP contribution in [0.3, 0.4) is 0 Å². The molecule has 0 aromatic heterocycles. The number of hydrogen-bond donors (Lipinski definition) is 2. The number of anilines is 1. The molecular weight excluding hydrogens is 482 g/mol. The van der Waals surface area contributed by atoms with E-state index in [-0.39, 0.29) is 12.0 Å². The number of amides is 1. The maximum absolute atomic E-state index is 12.3. The normalized spacial score (nSPS) is 13.2. The Labute approximate surface area is 226 Å². The molecular formula is C30H43N3O5. The Morgan fingerprint density at radius 3 is 2.50 bits per heavy atom. The number of nitrogens with zero attached hydrogens (tertiary/aromatic N) is 1. The lowest BCUT2D eigenvalue weighted by Crippen LogP contribution is -2.32. The van der Waals surface area contributed by atoms with Crippen LogP contribution in [0.5, 0.6) is 11.5 Å². The van der Waals surface area contributed by atoms with Crippen molar-refractivity contribution in [1.82, 2.24) is 5.32 Å². The summed E-state index contributed by atoms with van der Waals surface area (Å²) in [5.74, 6) is 0.929. The molecule has 1 atom stereocenters. The molecule has 1 heterocycles. The Balaban J connectivity index is 1.52. The van der Waals surface area contributed by atoms with E-state index in [2.05, 4.69) is 30.1 Å². The van der Waals surface area contributed by atoms with Gasteiger partial charge in [0.1, 0.15) is 6.61 Å². The number of para-hydroxylation sites is 2. The van der Waals surface area contributed by atoms with Crippen molar-refractivity contribution in [2.24, 2.45) is 5.73 Å². The Bertz CT molecular complexity index is 1060. The first-order valence-corrected chi connectivity index (χ1v) is 13.9. The highest BCUT2D eigenvalue weighted by atomic mass is 16.5. The molecule has 8 nitrogen and oxygen atoms in total. The summed E-state index contributed by atoms with van der Waals surface area (Å²) in [5, 5.41) is 3.51. The molecule has 1 amide bonds. The van der Waals surface area contributed by atoms with Crippen LogP contribution in [0.2, 0.25) is 0 Å². The van der Waals surface area contributed by atoms with E-state index in [1.54, 1.807) is 6.92 Å². The van der Waals surface area contributed by atoms with Gasteiger partial charge < -0.3 is 30.2 Å². The van der Waals surface area contributed by atoms with Gasteiger partial charge in [-0.25, -0.2) is 0 Å². The monoisotopic (exact) mass is 525 g/mol. The summed E-state index contributed by atoms with van der Waals surface area (Å²) < 4.78 is 16.8. The SMILES string of the molecule is CCCCOc1ccccc1OCCNC(C)Cc1cc2c(c(C(N)=O)c1)N(CCCC(=O)OCC)CC2. The maximum Gasteiger partial charge on any atom is 0.305 e. The van der Waals surface area contributed by atoms with Crippen molar-refractivity contribution in [2.45, 2.75) is 65.3 Å². The Hall–Kier alpha value is -3.26. The molecule has 0 saturated carbocycles. The number of fused-ring (bicyclic) bond motifs is 1. The minimum absolute atomic E-state index is 0.186. The highest BCUT2D eigenvalue weighted by Crippen LogP contribution is 2.34. The predicted molar refractivity (Wildman–Crippen MR) is 150 cm³/mol. The Morgan fingerprint density at radius 1 is 1.08 bits per heavy atom. The van der Waals surface area contributed by atoms with Crippen LogP contribution in [-0.2, 0) is 22.4 Å². The average molecular weight is 526 g/mol. The van der Waals surface area contributed by atoms with Gasteiger partial charge in [0, 0.05) is 32.1 Å². The van der Waals surface area contributed by atoms with Crippen molar-refractivity contribution < 1.29 is 23.8 Å². The first-order chi connectivity index (χ1) is 18.4. The van der Waals surface area contributed by atoms with E-state index >= 15 is 0 Å². The zero-order valence-corrected chi connectivity index (χ0v) is 23.1. The van der Waals surface area contributed by atoms with Gasteiger partial charge in [-0.3, -0.25) is 9.59 Å². The van der Waals surface area contributed by atoms with Gasteiger partial charge in [-0.2, -0.15) is 0 Å². The van der Waals surface area contributed by atoms with Crippen LogP contribution in [0.25, 0.3) is 0 Å². The fraction of sp³-hybridized carbons (Fsp3) is 0.533. The molecule has 2 aromatic carbocycles. The number of carbonyl (C=O) groups excluding carboxylic acids is 2. The van der Waals surface area contributed by atoms with E-state index in [0.29, 0.717) is 51.3 Å². The number of benzene rings is 2. The quantitative estimate of drug-likeness (QED) is 0.235. The van der Waals surface area contributed by atoms with Crippen LogP contribution in [0.15, 0.2) is 36.4 Å². The molecule has 3 N–H and O–H groups in total. The summed E-state index contributed by atoms with van der Waals surface area (Å²) in [6, 6.07) is 12.1. The van der Waals surface area contributed by atoms with Gasteiger partial charge in [-0.1, -0.05) is 31.5 Å². The lowest BCUT2D eigenvalue weighted by atomic mass is 9.98. The largest absolute Gasteiger partial charge is 0.490 e. The van der Waals surface area contributed by atoms with E-state index in [9.17, 15) is 9.59 Å². The van der Waals surface area contributed by atoms with Crippen LogP contribution >= 0.6 is 0 Å². The second-order valence-corrected chi connectivity index (χ2v) is 9.72. The molecule has 0 spiro atoms. The van der Waals surface area contributed by atoms with E-state index in [4.69, 9.17) is 19.9 Å². The van der Waals surface area contributed by atoms with Crippen LogP contribution < -0.4 is 25.4 Å². The van der Waals surface area contributed by atoms with Crippen LogP contribution in [0, 0.1) is 0 Å². The van der Waals surface area contributed by atoms with Gasteiger partial charge in [-0.15, -0.1) is 0 Å². The number of esters is 1. The number of hydrogen-bond acceptors (Lipinski definition) is 7. The summed E-state index contributed by atoms with van der Waals surface area (Å²) in [5.41, 5.74) is 9.49. The average Bonchev–Trinajstić information content (AvgIpc) is 3.30. The second-order valence-electron chi connectivity index (χ2n) is 9.72. The molecule has 0 bridgehead atoms. The molecule has 8 heteroatoms. The Morgan fingerprint density at radius 2 is 1.82 bits per heavy atom. The highest BCUT2D eigenvalue weighted by molar-refractivity contribution is 6.00. The third-order valence-corrected chi connectivity index (χ3v) is 6.59. The number of carbonyl (C=O) groups is 2. The second kappa shape index (κ2) is 15.2. The van der Waals surface area contributed by atoms with Crippen molar-refractivity contribution in [1.29, 1.82) is 0 Å². The Kier molecular flexibility index (Phi) is 11.7. The lowest BCUT2D eigenvalue weighted by molar-refractivity contribution is -0.143. The topological polar surface area (TPSA) is 103 Å². The highest BCUT2D eigenvalue weighted by Gasteiger charge is 2.25. The molecule has 3 rings (SSSR count). The first-order valence-electron chi connectivity index (χ1n) is 13.9. The molecule has 1 aliphatic rings. The van der Waals surface area contributed by atoms with E-state index < -0.39 is 5.91 Å². The third-order valence-electron chi connectivity index (χ3n) is 6.59. The number of ether oxygens (including phenoxy) is 3. The van der Waals surface area contributed by atoms with Crippen molar-refractivity contribution in [3.8, 4) is 11.5 Å². The predicted octanol–water partition coefficient (Wildman–Crippen LogP) is 4.27. The zero-order chi connectivity index (χ0) is 27.3. The number of unbranched alkanes of at least 4 members (excludes halogenated alkanes) is 1. The zero-order valence-electron chi connectivity index (χ0n) is 23.1. The molecule has 208 valence electrons. The number of nitrogens with one attached hydrogen (secondary N) is 1. The van der Waals surface area contributed by atoms with Gasteiger partial charge in [0.15, 0.2) is 11.5 Å². The minimum atomic E-state index is -0.422. The minimum Gasteiger partial charge on any atom is -0.490 e. The van der Waals surface area contributed by atoms with Gasteiger partial charge in [0.25, 0.3) is 5.91 Å². The van der Waals surface area contributed by atoms with Gasteiger partial charge in [-0.05, 0) is 68.9 Å². The van der Waals surface area contributed by atoms with E-state index in [1.165, 1.54) is 0 Å². The summed E-state index contributed by atoms with van der Waals surface area (Å²) in [4.78, 5) is 26.2. The number of primary amides is 1. The van der Waals surface area contributed by atoms with Crippen LogP contribution in [-0.4, -0.2) is 57.4 Å². The molecule has 1 aliphatic heterocycles. The maximum atomic E-state index is 12.3. The van der Waals surface area contributed by atoms with Gasteiger partial charge in [0.05, 0.1) is 24.5 Å². The molecule has 0 saturated heterocycles. The van der Waals surface area contributed by atoms with Crippen LogP contribution in [0.1, 0.15) is 67.9 Å². The molecule has 0 fully saturated rings. The van der Waals surface area contributed by atoms with Crippen LogP contribution in [0.4, 0.5) is 5.69 Å². The van der Waals surface area contributed by atoms with Gasteiger partial charge in [0.2, 0.25) is 0 Å². The number of rotatable bonds is 17. The van der Waals surface area contributed by atoms with E-state index in [0.717, 1.165) is 60.5 Å². The first kappa shape index (κ1) is 29.3. The fourth-order valence-corrected chi connectivity index (χ4v) is 4.78. The molecule has 1 unspecified atom stereocenters. The smallest absolute Gasteiger partial charge is 0.305 e. The van der Waals surface area contributed by atoms with Crippen molar-refractivity contribution >= 4 is 17.6 Å². The summed E-state index contributed by atoms with van der Waals surface area (Å²) in [6.45, 7) is 9.87.